The topological polar surface area (TPSA) is 127 Å². The van der Waals surface area contributed by atoms with Gasteiger partial charge in [0.1, 0.15) is 17.0 Å². The van der Waals surface area contributed by atoms with Gasteiger partial charge in [0.25, 0.3) is 5.56 Å². The number of aryl methyl sites for hydroxylation is 2. The van der Waals surface area contributed by atoms with Crippen molar-refractivity contribution in [3.63, 3.8) is 0 Å². The highest BCUT2D eigenvalue weighted by Crippen LogP contribution is 2.25. The third-order valence-electron chi connectivity index (χ3n) is 5.28. The molecule has 9 nitrogen and oxygen atoms in total. The molecule has 0 aliphatic rings. The summed E-state index contributed by atoms with van der Waals surface area (Å²) in [5.41, 5.74) is 7.59. The Morgan fingerprint density at radius 2 is 1.84 bits per heavy atom. The molecule has 0 amide bonds. The van der Waals surface area contributed by atoms with Gasteiger partial charge in [0, 0.05) is 24.5 Å². The Labute approximate surface area is 178 Å². The largest absolute Gasteiger partial charge is 0.464 e. The van der Waals surface area contributed by atoms with Crippen molar-refractivity contribution < 1.29 is 18.7 Å². The van der Waals surface area contributed by atoms with Gasteiger partial charge < -0.3 is 14.9 Å². The number of nitrogens with zero attached hydrogens (tertiary/aromatic N) is 2. The van der Waals surface area contributed by atoms with Gasteiger partial charge in [-0.2, -0.15) is 0 Å². The molecule has 0 radical (unpaired) electrons. The van der Waals surface area contributed by atoms with Crippen molar-refractivity contribution >= 4 is 28.5 Å². The Morgan fingerprint density at radius 3 is 2.52 bits per heavy atom. The van der Waals surface area contributed by atoms with Gasteiger partial charge in [-0.15, -0.1) is 0 Å². The van der Waals surface area contributed by atoms with Crippen LogP contribution < -0.4 is 17.0 Å². The van der Waals surface area contributed by atoms with Crippen molar-refractivity contribution in [2.75, 3.05) is 12.3 Å². The Hall–Kier alpha value is -3.62. The van der Waals surface area contributed by atoms with E-state index < -0.39 is 29.6 Å². The van der Waals surface area contributed by atoms with Crippen LogP contribution in [0.4, 0.5) is 5.82 Å². The first-order valence-electron chi connectivity index (χ1n) is 9.91. The van der Waals surface area contributed by atoms with E-state index in [1.165, 1.54) is 17.9 Å². The van der Waals surface area contributed by atoms with Crippen molar-refractivity contribution in [2.45, 2.75) is 40.2 Å². The lowest BCUT2D eigenvalue weighted by Crippen LogP contribution is -2.43. The summed E-state index contributed by atoms with van der Waals surface area (Å²) >= 11 is 0. The molecule has 0 atom stereocenters. The molecular formula is C22H25N3O6. The van der Waals surface area contributed by atoms with E-state index in [1.807, 2.05) is 32.9 Å². The van der Waals surface area contributed by atoms with Gasteiger partial charge in [-0.25, -0.2) is 4.79 Å². The normalized spacial score (nSPS) is 11.1. The van der Waals surface area contributed by atoms with Crippen LogP contribution in [0.5, 0.6) is 0 Å². The molecule has 0 fully saturated rings. The SMILES string of the molecule is CCCn1c(N)c(C(=O)COC(=O)Cc2coc3cc(C)c(C)cc23)c(=O)n(C)c1=O. The number of nitrogens with two attached hydrogens (primary N) is 1. The second-order valence-corrected chi connectivity index (χ2v) is 7.51. The number of carbonyl (C=O) groups excluding carboxylic acids is 2. The van der Waals surface area contributed by atoms with Crippen LogP contribution in [0.2, 0.25) is 0 Å². The molecular weight excluding hydrogens is 402 g/mol. The van der Waals surface area contributed by atoms with E-state index in [0.717, 1.165) is 21.1 Å². The van der Waals surface area contributed by atoms with E-state index in [9.17, 15) is 19.2 Å². The first kappa shape index (κ1) is 22.1. The lowest BCUT2D eigenvalue weighted by atomic mass is 10.0. The van der Waals surface area contributed by atoms with E-state index in [4.69, 9.17) is 14.9 Å². The van der Waals surface area contributed by atoms with Crippen LogP contribution in [0.3, 0.4) is 0 Å². The zero-order chi connectivity index (χ0) is 22.9. The second kappa shape index (κ2) is 8.63. The molecule has 0 saturated carbocycles. The molecule has 9 heteroatoms. The summed E-state index contributed by atoms with van der Waals surface area (Å²) in [6.07, 6.45) is 1.98. The highest BCUT2D eigenvalue weighted by molar-refractivity contribution is 6.01. The molecule has 0 unspecified atom stereocenters. The first-order chi connectivity index (χ1) is 14.6. The molecule has 2 N–H and O–H groups in total. The Kier molecular flexibility index (Phi) is 6.14. The number of hydrogen-bond donors (Lipinski definition) is 1. The molecule has 2 aromatic heterocycles. The molecule has 1 aromatic carbocycles. The van der Waals surface area contributed by atoms with Crippen LogP contribution >= 0.6 is 0 Å². The Morgan fingerprint density at radius 1 is 1.16 bits per heavy atom. The summed E-state index contributed by atoms with van der Waals surface area (Å²) < 4.78 is 12.6. The molecule has 0 bridgehead atoms. The number of Topliss-reactive ketones (excluding diaryl/α,β-unsaturated/α-hetero) is 1. The lowest BCUT2D eigenvalue weighted by molar-refractivity contribution is -0.141. The van der Waals surface area contributed by atoms with E-state index >= 15 is 0 Å². The van der Waals surface area contributed by atoms with Crippen LogP contribution in [-0.2, 0) is 29.5 Å². The number of ether oxygens (including phenoxy) is 1. The summed E-state index contributed by atoms with van der Waals surface area (Å²) in [4.78, 5) is 49.5. The number of nitrogen functional groups attached to an aromatic ring is 1. The quantitative estimate of drug-likeness (QED) is 0.450. The fraction of sp³-hybridized carbons (Fsp3) is 0.364. The maximum Gasteiger partial charge on any atom is 0.332 e. The summed E-state index contributed by atoms with van der Waals surface area (Å²) in [7, 11) is 1.27. The zero-order valence-corrected chi connectivity index (χ0v) is 18.0. The van der Waals surface area contributed by atoms with Crippen LogP contribution in [-0.4, -0.2) is 27.5 Å². The number of esters is 1. The third kappa shape index (κ3) is 4.16. The zero-order valence-electron chi connectivity index (χ0n) is 18.0. The molecule has 2 heterocycles. The second-order valence-electron chi connectivity index (χ2n) is 7.51. The number of ketones is 1. The van der Waals surface area contributed by atoms with Crippen LogP contribution in [0.1, 0.15) is 40.4 Å². The average Bonchev–Trinajstić information content (AvgIpc) is 3.09. The number of carbonyl (C=O) groups is 2. The molecule has 31 heavy (non-hydrogen) atoms. The molecule has 0 aliphatic carbocycles. The summed E-state index contributed by atoms with van der Waals surface area (Å²) in [6, 6.07) is 3.83. The Balaban J connectivity index is 1.77. The average molecular weight is 427 g/mol. The number of anilines is 1. The van der Waals surface area contributed by atoms with Gasteiger partial charge in [-0.05, 0) is 43.5 Å². The van der Waals surface area contributed by atoms with Gasteiger partial charge in [0.05, 0.1) is 12.7 Å². The van der Waals surface area contributed by atoms with E-state index in [0.29, 0.717) is 17.6 Å². The van der Waals surface area contributed by atoms with Crippen molar-refractivity contribution in [3.8, 4) is 0 Å². The fourth-order valence-corrected chi connectivity index (χ4v) is 3.38. The van der Waals surface area contributed by atoms with Crippen molar-refractivity contribution in [1.29, 1.82) is 0 Å². The van der Waals surface area contributed by atoms with E-state index in [2.05, 4.69) is 0 Å². The number of fused-ring (bicyclic) bond motifs is 1. The molecule has 0 saturated heterocycles. The maximum atomic E-state index is 12.6. The van der Waals surface area contributed by atoms with E-state index in [1.54, 1.807) is 0 Å². The standard InChI is InChI=1S/C22H25N3O6/c1-5-6-25-20(23)19(21(28)24(4)22(25)29)16(26)11-31-18(27)9-14-10-30-17-8-13(3)12(2)7-15(14)17/h7-8,10H,5-6,9,11,23H2,1-4H3. The third-order valence-corrected chi connectivity index (χ3v) is 5.28. The number of hydrogen-bond acceptors (Lipinski definition) is 7. The maximum absolute atomic E-state index is 12.6. The molecule has 3 aromatic rings. The molecule has 0 aliphatic heterocycles. The summed E-state index contributed by atoms with van der Waals surface area (Å²) in [6.45, 7) is 5.37. The smallest absolute Gasteiger partial charge is 0.332 e. The molecule has 3 rings (SSSR count). The van der Waals surface area contributed by atoms with Crippen molar-refractivity contribution in [3.05, 3.63) is 61.5 Å². The lowest BCUT2D eigenvalue weighted by Gasteiger charge is -2.13. The van der Waals surface area contributed by atoms with Gasteiger partial charge >= 0.3 is 11.7 Å². The van der Waals surface area contributed by atoms with Crippen molar-refractivity contribution in [1.82, 2.24) is 9.13 Å². The summed E-state index contributed by atoms with van der Waals surface area (Å²) in [5.74, 6) is -1.63. The first-order valence-corrected chi connectivity index (χ1v) is 9.91. The summed E-state index contributed by atoms with van der Waals surface area (Å²) in [5, 5.41) is 0.802. The number of aromatic nitrogens is 2. The Bertz CT molecular complexity index is 1300. The number of benzene rings is 1. The number of rotatable bonds is 7. The van der Waals surface area contributed by atoms with Crippen LogP contribution in [0, 0.1) is 13.8 Å². The van der Waals surface area contributed by atoms with Gasteiger partial charge in [-0.3, -0.25) is 23.5 Å². The monoisotopic (exact) mass is 427 g/mol. The predicted molar refractivity (Wildman–Crippen MR) is 115 cm³/mol. The minimum absolute atomic E-state index is 0.0917. The molecule has 164 valence electrons. The number of furan rings is 1. The van der Waals surface area contributed by atoms with Crippen LogP contribution in [0.25, 0.3) is 11.0 Å². The molecule has 0 spiro atoms. The van der Waals surface area contributed by atoms with E-state index in [-0.39, 0.29) is 24.3 Å². The highest BCUT2D eigenvalue weighted by Gasteiger charge is 2.22. The van der Waals surface area contributed by atoms with Gasteiger partial charge in [0.15, 0.2) is 6.61 Å². The minimum Gasteiger partial charge on any atom is -0.464 e. The predicted octanol–water partition coefficient (Wildman–Crippen LogP) is 1.87. The fourth-order valence-electron chi connectivity index (χ4n) is 3.38. The van der Waals surface area contributed by atoms with Crippen LogP contribution in [0.15, 0.2) is 32.4 Å². The van der Waals surface area contributed by atoms with Crippen molar-refractivity contribution in [2.24, 2.45) is 7.05 Å². The highest BCUT2D eigenvalue weighted by atomic mass is 16.5. The minimum atomic E-state index is -0.817. The van der Waals surface area contributed by atoms with Gasteiger partial charge in [0.2, 0.25) is 5.78 Å². The van der Waals surface area contributed by atoms with Gasteiger partial charge in [-0.1, -0.05) is 6.92 Å².